The van der Waals surface area contributed by atoms with Gasteiger partial charge in [-0.05, 0) is 19.3 Å². The molecule has 106 valence electrons. The monoisotopic (exact) mass is 257 g/mol. The Kier molecular flexibility index (Phi) is 7.59. The Balaban J connectivity index is 4.14. The maximum absolute atomic E-state index is 11.8. The molecule has 0 heterocycles. The number of rotatable bonds is 7. The number of nitrogens with two attached hydrogens (primary N) is 1. The Hall–Kier alpha value is -1.10. The summed E-state index contributed by atoms with van der Waals surface area (Å²) in [6.07, 6.45) is 1.99. The summed E-state index contributed by atoms with van der Waals surface area (Å²) in [5, 5.41) is 2.59. The van der Waals surface area contributed by atoms with Crippen LogP contribution in [0.2, 0.25) is 0 Å². The van der Waals surface area contributed by atoms with E-state index in [1.165, 1.54) is 0 Å². The third-order valence-corrected chi connectivity index (χ3v) is 3.20. The molecule has 0 aromatic carbocycles. The van der Waals surface area contributed by atoms with Gasteiger partial charge in [0.2, 0.25) is 11.8 Å². The van der Waals surface area contributed by atoms with Crippen molar-refractivity contribution in [1.82, 2.24) is 10.2 Å². The van der Waals surface area contributed by atoms with Crippen LogP contribution in [0.1, 0.15) is 40.5 Å². The lowest BCUT2D eigenvalue weighted by molar-refractivity contribution is -0.133. The number of carbonyl (C=O) groups is 2. The van der Waals surface area contributed by atoms with E-state index in [9.17, 15) is 9.59 Å². The molecule has 0 aliphatic carbocycles. The summed E-state index contributed by atoms with van der Waals surface area (Å²) in [5.74, 6) is -0.285. The van der Waals surface area contributed by atoms with Gasteiger partial charge in [-0.1, -0.05) is 27.2 Å². The molecule has 5 heteroatoms. The average molecular weight is 257 g/mol. The zero-order chi connectivity index (χ0) is 14.3. The van der Waals surface area contributed by atoms with Gasteiger partial charge < -0.3 is 16.0 Å². The molecule has 0 bridgehead atoms. The number of hydrogen-bond acceptors (Lipinski definition) is 3. The van der Waals surface area contributed by atoms with Gasteiger partial charge in [-0.15, -0.1) is 0 Å². The molecule has 5 nitrogen and oxygen atoms in total. The lowest BCUT2D eigenvalue weighted by Gasteiger charge is -2.25. The molecule has 1 unspecified atom stereocenters. The first-order chi connectivity index (χ1) is 8.31. The van der Waals surface area contributed by atoms with E-state index in [1.54, 1.807) is 11.9 Å². The van der Waals surface area contributed by atoms with Gasteiger partial charge in [-0.2, -0.15) is 0 Å². The highest BCUT2D eigenvalue weighted by Gasteiger charge is 2.20. The van der Waals surface area contributed by atoms with E-state index in [0.717, 1.165) is 12.8 Å². The van der Waals surface area contributed by atoms with Crippen molar-refractivity contribution in [3.63, 3.8) is 0 Å². The molecule has 3 N–H and O–H groups in total. The second kappa shape index (κ2) is 8.08. The number of nitrogens with one attached hydrogen (secondary N) is 1. The Morgan fingerprint density at radius 3 is 2.28 bits per heavy atom. The minimum Gasteiger partial charge on any atom is -0.346 e. The molecule has 0 rings (SSSR count). The summed E-state index contributed by atoms with van der Waals surface area (Å²) in [5.41, 5.74) is 5.69. The van der Waals surface area contributed by atoms with Crippen LogP contribution >= 0.6 is 0 Å². The van der Waals surface area contributed by atoms with Crippen LogP contribution in [0.3, 0.4) is 0 Å². The predicted octanol–water partition coefficient (Wildman–Crippen LogP) is 0.733. The Bertz CT molecular complexity index is 279. The highest BCUT2D eigenvalue weighted by Crippen LogP contribution is 2.04. The van der Waals surface area contributed by atoms with Gasteiger partial charge in [-0.25, -0.2) is 0 Å². The third-order valence-electron chi connectivity index (χ3n) is 3.20. The zero-order valence-corrected chi connectivity index (χ0v) is 12.2. The van der Waals surface area contributed by atoms with E-state index in [4.69, 9.17) is 5.73 Å². The fourth-order valence-corrected chi connectivity index (χ4v) is 1.57. The van der Waals surface area contributed by atoms with E-state index >= 15 is 0 Å². The summed E-state index contributed by atoms with van der Waals surface area (Å²) in [6.45, 7) is 7.86. The summed E-state index contributed by atoms with van der Waals surface area (Å²) < 4.78 is 0. The Morgan fingerprint density at radius 2 is 1.83 bits per heavy atom. The molecule has 0 spiro atoms. The van der Waals surface area contributed by atoms with Crippen LogP contribution in [0, 0.1) is 5.92 Å². The first-order valence-electron chi connectivity index (χ1n) is 6.60. The number of carbonyl (C=O) groups excluding carboxylic acids is 2. The molecule has 0 aromatic heterocycles. The second-order valence-electron chi connectivity index (χ2n) is 5.13. The molecule has 0 aliphatic rings. The van der Waals surface area contributed by atoms with Gasteiger partial charge in [0.05, 0.1) is 12.6 Å². The molecule has 0 saturated heterocycles. The molecular weight excluding hydrogens is 230 g/mol. The maximum Gasteiger partial charge on any atom is 0.241 e. The third kappa shape index (κ3) is 5.49. The largest absolute Gasteiger partial charge is 0.346 e. The molecule has 0 saturated carbocycles. The van der Waals surface area contributed by atoms with Gasteiger partial charge in [-0.3, -0.25) is 9.59 Å². The molecule has 0 fully saturated rings. The molecule has 0 radical (unpaired) electrons. The van der Waals surface area contributed by atoms with Crippen LogP contribution in [-0.2, 0) is 9.59 Å². The van der Waals surface area contributed by atoms with Crippen molar-refractivity contribution in [2.45, 2.75) is 52.6 Å². The van der Waals surface area contributed by atoms with Crippen molar-refractivity contribution in [3.8, 4) is 0 Å². The SMILES string of the molecule is CCCC(C)N(C)C(=O)CNC(=O)[C@@H](N)C(C)C. The van der Waals surface area contributed by atoms with E-state index in [2.05, 4.69) is 12.2 Å². The minimum absolute atomic E-state index is 0.0177. The first-order valence-corrected chi connectivity index (χ1v) is 6.60. The van der Waals surface area contributed by atoms with Crippen LogP contribution < -0.4 is 11.1 Å². The molecule has 2 atom stereocenters. The lowest BCUT2D eigenvalue weighted by atomic mass is 10.1. The van der Waals surface area contributed by atoms with Crippen molar-refractivity contribution >= 4 is 11.8 Å². The quantitative estimate of drug-likeness (QED) is 0.706. The van der Waals surface area contributed by atoms with Gasteiger partial charge in [0.15, 0.2) is 0 Å². The molecule has 0 aliphatic heterocycles. The predicted molar refractivity (Wildman–Crippen MR) is 73.0 cm³/mol. The van der Waals surface area contributed by atoms with Gasteiger partial charge in [0.1, 0.15) is 0 Å². The molecule has 0 aromatic rings. The maximum atomic E-state index is 11.8. The summed E-state index contributed by atoms with van der Waals surface area (Å²) in [6, 6.07) is -0.366. The fraction of sp³-hybridized carbons (Fsp3) is 0.846. The van der Waals surface area contributed by atoms with Crippen LogP contribution in [0.25, 0.3) is 0 Å². The highest BCUT2D eigenvalue weighted by atomic mass is 16.2. The fourth-order valence-electron chi connectivity index (χ4n) is 1.57. The zero-order valence-electron chi connectivity index (χ0n) is 12.2. The number of hydrogen-bond donors (Lipinski definition) is 2. The molecule has 18 heavy (non-hydrogen) atoms. The van der Waals surface area contributed by atoms with Gasteiger partial charge >= 0.3 is 0 Å². The van der Waals surface area contributed by atoms with Crippen molar-refractivity contribution < 1.29 is 9.59 Å². The van der Waals surface area contributed by atoms with Crippen molar-refractivity contribution in [2.75, 3.05) is 13.6 Å². The number of amides is 2. The van der Waals surface area contributed by atoms with Crippen molar-refractivity contribution in [2.24, 2.45) is 11.7 Å². The van der Waals surface area contributed by atoms with Crippen molar-refractivity contribution in [3.05, 3.63) is 0 Å². The summed E-state index contributed by atoms with van der Waals surface area (Å²) >= 11 is 0. The second-order valence-corrected chi connectivity index (χ2v) is 5.13. The molecular formula is C13H27N3O2. The van der Waals surface area contributed by atoms with Gasteiger partial charge in [0.25, 0.3) is 0 Å². The average Bonchev–Trinajstić information content (AvgIpc) is 2.33. The van der Waals surface area contributed by atoms with Crippen LogP contribution in [0.15, 0.2) is 0 Å². The Morgan fingerprint density at radius 1 is 1.28 bits per heavy atom. The van der Waals surface area contributed by atoms with Crippen LogP contribution in [0.5, 0.6) is 0 Å². The van der Waals surface area contributed by atoms with Gasteiger partial charge in [0, 0.05) is 13.1 Å². The van der Waals surface area contributed by atoms with E-state index in [1.807, 2.05) is 20.8 Å². The minimum atomic E-state index is -0.559. The number of likely N-dealkylation sites (N-methyl/N-ethyl adjacent to an activating group) is 1. The van der Waals surface area contributed by atoms with E-state index in [0.29, 0.717) is 0 Å². The van der Waals surface area contributed by atoms with Crippen LogP contribution in [0.4, 0.5) is 0 Å². The van der Waals surface area contributed by atoms with Crippen LogP contribution in [-0.4, -0.2) is 42.4 Å². The smallest absolute Gasteiger partial charge is 0.241 e. The summed E-state index contributed by atoms with van der Waals surface area (Å²) in [7, 11) is 1.76. The topological polar surface area (TPSA) is 75.4 Å². The first kappa shape index (κ1) is 16.9. The molecule has 2 amide bonds. The Labute approximate surface area is 110 Å². The highest BCUT2D eigenvalue weighted by molar-refractivity contribution is 5.87. The normalized spacial score (nSPS) is 14.2. The summed E-state index contributed by atoms with van der Waals surface area (Å²) in [4.78, 5) is 25.1. The van der Waals surface area contributed by atoms with E-state index < -0.39 is 6.04 Å². The lowest BCUT2D eigenvalue weighted by Crippen LogP contribution is -2.48. The standard InChI is InChI=1S/C13H27N3O2/c1-6-7-10(4)16(5)11(17)8-15-13(18)12(14)9(2)3/h9-10,12H,6-8,14H2,1-5H3,(H,15,18)/t10?,12-/m0/s1. The van der Waals surface area contributed by atoms with E-state index in [-0.39, 0.29) is 30.3 Å². The number of nitrogens with zero attached hydrogens (tertiary/aromatic N) is 1. The van der Waals surface area contributed by atoms with Crippen molar-refractivity contribution in [1.29, 1.82) is 0 Å².